The Morgan fingerprint density at radius 2 is 1.91 bits per heavy atom. The Kier molecular flexibility index (Phi) is 3.84. The maximum Gasteiger partial charge on any atom is 0.187 e. The second kappa shape index (κ2) is 6.44. The van der Waals surface area contributed by atoms with Gasteiger partial charge in [-0.25, -0.2) is 0 Å². The van der Waals surface area contributed by atoms with Crippen molar-refractivity contribution in [1.82, 2.24) is 4.98 Å². The van der Waals surface area contributed by atoms with Crippen molar-refractivity contribution in [2.45, 2.75) is 6.92 Å². The maximum absolute atomic E-state index is 12.6. The second-order valence-corrected chi connectivity index (χ2v) is 5.21. The maximum atomic E-state index is 12.6. The van der Waals surface area contributed by atoms with Crippen LogP contribution in [0.4, 0.5) is 0 Å². The van der Waals surface area contributed by atoms with Crippen molar-refractivity contribution < 1.29 is 10.9 Å². The Balaban J connectivity index is 1.94. The number of fused-ring (bicyclic) bond motifs is 1. The fourth-order valence-corrected chi connectivity index (χ4v) is 2.43. The molecule has 23 heavy (non-hydrogen) atoms. The molecule has 1 heterocycles. The number of benzene rings is 2. The molecule has 2 aromatic carbocycles. The topological polar surface area (TPSA) is 39.2 Å². The molecule has 3 heteroatoms. The molecule has 0 saturated heterocycles. The van der Waals surface area contributed by atoms with Gasteiger partial charge in [0.15, 0.2) is 5.78 Å². The van der Waals surface area contributed by atoms with Crippen LogP contribution >= 0.6 is 0 Å². The third-order valence-electron chi connectivity index (χ3n) is 3.76. The molecule has 0 aliphatic rings. The van der Waals surface area contributed by atoms with Crippen molar-refractivity contribution in [2.75, 3.05) is 7.11 Å². The number of aryl methyl sites for hydroxylation is 1. The van der Waals surface area contributed by atoms with Gasteiger partial charge in [0.05, 0.1) is 14.0 Å². The molecular formula is C20H17NO2. The molecule has 0 atom stereocenters. The van der Waals surface area contributed by atoms with E-state index in [2.05, 4.69) is 4.98 Å². The summed E-state index contributed by atoms with van der Waals surface area (Å²) in [7, 11) is 1.61. The summed E-state index contributed by atoms with van der Waals surface area (Å²) in [6.07, 6.45) is 3.23. The monoisotopic (exact) mass is 304 g/mol. The third kappa shape index (κ3) is 3.14. The lowest BCUT2D eigenvalue weighted by Crippen LogP contribution is -2.00. The number of hydrogen-bond acceptors (Lipinski definition) is 3. The highest BCUT2D eigenvalue weighted by molar-refractivity contribution is 6.09. The van der Waals surface area contributed by atoms with E-state index < -0.39 is 0 Å². The van der Waals surface area contributed by atoms with E-state index in [4.69, 9.17) is 6.11 Å². The molecule has 0 N–H and O–H groups in total. The minimum atomic E-state index is -0.216. The van der Waals surface area contributed by atoms with Crippen LogP contribution in [0.5, 0.6) is 5.75 Å². The predicted molar refractivity (Wildman–Crippen MR) is 92.8 cm³/mol. The number of hydrogen-bond donors (Lipinski definition) is 0. The number of allylic oxidation sites excluding steroid dienone is 1. The van der Waals surface area contributed by atoms with Crippen molar-refractivity contribution in [3.8, 4) is 5.75 Å². The van der Waals surface area contributed by atoms with Crippen LogP contribution in [0.15, 0.2) is 60.8 Å². The van der Waals surface area contributed by atoms with Crippen LogP contribution in [-0.4, -0.2) is 17.9 Å². The first-order valence-electron chi connectivity index (χ1n) is 7.82. The minimum Gasteiger partial charge on any atom is -0.497 e. The first kappa shape index (κ1) is 13.7. The average Bonchev–Trinajstić information content (AvgIpc) is 2.60. The van der Waals surface area contributed by atoms with Gasteiger partial charge in [0, 0.05) is 17.1 Å². The fraction of sp³-hybridized carbons (Fsp3) is 0.100. The first-order valence-corrected chi connectivity index (χ1v) is 7.32. The summed E-state index contributed by atoms with van der Waals surface area (Å²) in [5.41, 5.74) is 2.76. The Morgan fingerprint density at radius 3 is 2.65 bits per heavy atom. The zero-order valence-corrected chi connectivity index (χ0v) is 13.0. The SMILES string of the molecule is [2H]c1nc2ccccc2c(C)c1C(=O)/C=C/c1ccc(OC)cc1. The van der Waals surface area contributed by atoms with Gasteiger partial charge in [0.1, 0.15) is 5.75 Å². The van der Waals surface area contributed by atoms with E-state index in [0.717, 1.165) is 27.8 Å². The van der Waals surface area contributed by atoms with E-state index in [1.807, 2.05) is 55.5 Å². The van der Waals surface area contributed by atoms with Crippen LogP contribution in [0, 0.1) is 6.92 Å². The van der Waals surface area contributed by atoms with E-state index >= 15 is 0 Å². The molecule has 1 aromatic heterocycles. The van der Waals surface area contributed by atoms with Gasteiger partial charge in [-0.3, -0.25) is 9.78 Å². The van der Waals surface area contributed by atoms with Gasteiger partial charge in [-0.2, -0.15) is 0 Å². The number of carbonyl (C=O) groups is 1. The van der Waals surface area contributed by atoms with E-state index in [-0.39, 0.29) is 12.0 Å². The summed E-state index contributed by atoms with van der Waals surface area (Å²) in [5.74, 6) is 0.549. The Hall–Kier alpha value is -2.94. The zero-order chi connectivity index (χ0) is 17.1. The molecule has 3 rings (SSSR count). The molecule has 0 saturated carbocycles. The number of rotatable bonds is 4. The van der Waals surface area contributed by atoms with Gasteiger partial charge in [-0.1, -0.05) is 36.4 Å². The highest BCUT2D eigenvalue weighted by atomic mass is 16.5. The smallest absolute Gasteiger partial charge is 0.187 e. The van der Waals surface area contributed by atoms with Crippen LogP contribution in [0.25, 0.3) is 17.0 Å². The summed E-state index contributed by atoms with van der Waals surface area (Å²) in [6, 6.07) is 15.0. The number of pyridine rings is 1. The Morgan fingerprint density at radius 1 is 1.17 bits per heavy atom. The van der Waals surface area contributed by atoms with Gasteiger partial charge in [-0.15, -0.1) is 0 Å². The van der Waals surface area contributed by atoms with Crippen LogP contribution in [0.2, 0.25) is 0 Å². The second-order valence-electron chi connectivity index (χ2n) is 5.21. The van der Waals surface area contributed by atoms with Gasteiger partial charge in [0.25, 0.3) is 0 Å². The number of carbonyl (C=O) groups excluding carboxylic acids is 1. The molecule has 114 valence electrons. The van der Waals surface area contributed by atoms with E-state index in [1.165, 1.54) is 6.08 Å². The average molecular weight is 304 g/mol. The van der Waals surface area contributed by atoms with Crippen molar-refractivity contribution in [3.63, 3.8) is 0 Å². The molecule has 0 aliphatic carbocycles. The number of para-hydroxylation sites is 1. The van der Waals surface area contributed by atoms with Crippen molar-refractivity contribution >= 4 is 22.8 Å². The molecule has 3 nitrogen and oxygen atoms in total. The van der Waals surface area contributed by atoms with Crippen LogP contribution < -0.4 is 4.74 Å². The lowest BCUT2D eigenvalue weighted by molar-refractivity contribution is 0.104. The molecule has 0 bridgehead atoms. The molecule has 3 aromatic rings. The molecule has 0 aliphatic heterocycles. The van der Waals surface area contributed by atoms with E-state index in [9.17, 15) is 4.79 Å². The quantitative estimate of drug-likeness (QED) is 0.528. The number of aromatic nitrogens is 1. The molecule has 0 radical (unpaired) electrons. The van der Waals surface area contributed by atoms with Crippen molar-refractivity contribution in [1.29, 1.82) is 0 Å². The lowest BCUT2D eigenvalue weighted by Gasteiger charge is -2.06. The Bertz CT molecular complexity index is 930. The summed E-state index contributed by atoms with van der Waals surface area (Å²) in [5, 5.41) is 0.898. The fourth-order valence-electron chi connectivity index (χ4n) is 2.43. The summed E-state index contributed by atoms with van der Waals surface area (Å²) < 4.78 is 13.2. The number of nitrogens with zero attached hydrogens (tertiary/aromatic N) is 1. The van der Waals surface area contributed by atoms with Gasteiger partial charge in [0.2, 0.25) is 0 Å². The highest BCUT2D eigenvalue weighted by Gasteiger charge is 2.09. The minimum absolute atomic E-state index is 0.00980. The van der Waals surface area contributed by atoms with E-state index in [1.54, 1.807) is 13.2 Å². The molecule has 0 amide bonds. The predicted octanol–water partition coefficient (Wildman–Crippen LogP) is 4.45. The number of ether oxygens (including phenoxy) is 1. The third-order valence-corrected chi connectivity index (χ3v) is 3.76. The normalized spacial score (nSPS) is 11.7. The zero-order valence-electron chi connectivity index (χ0n) is 14.0. The van der Waals surface area contributed by atoms with Crippen LogP contribution in [0.3, 0.4) is 0 Å². The van der Waals surface area contributed by atoms with E-state index in [0.29, 0.717) is 5.56 Å². The largest absolute Gasteiger partial charge is 0.497 e. The molecular weight excluding hydrogens is 286 g/mol. The molecule has 0 unspecified atom stereocenters. The molecule has 0 spiro atoms. The summed E-state index contributed by atoms with van der Waals surface area (Å²) in [6.45, 7) is 1.86. The van der Waals surface area contributed by atoms with Gasteiger partial charge in [-0.05, 0) is 42.3 Å². The number of methoxy groups -OCH3 is 1. The highest BCUT2D eigenvalue weighted by Crippen LogP contribution is 2.20. The van der Waals surface area contributed by atoms with Crippen LogP contribution in [0.1, 0.15) is 22.9 Å². The van der Waals surface area contributed by atoms with Crippen LogP contribution in [-0.2, 0) is 0 Å². The van der Waals surface area contributed by atoms with Gasteiger partial charge < -0.3 is 4.74 Å². The van der Waals surface area contributed by atoms with Crippen molar-refractivity contribution in [3.05, 3.63) is 77.5 Å². The van der Waals surface area contributed by atoms with Crippen molar-refractivity contribution in [2.24, 2.45) is 0 Å². The number of ketones is 1. The molecule has 0 fully saturated rings. The Labute approximate surface area is 136 Å². The lowest BCUT2D eigenvalue weighted by atomic mass is 10.0. The van der Waals surface area contributed by atoms with Gasteiger partial charge >= 0.3 is 0 Å². The summed E-state index contributed by atoms with van der Waals surface area (Å²) in [4.78, 5) is 16.8. The standard InChI is InChI=1S/C20H17NO2/c1-14-17-5-3-4-6-19(17)21-13-18(14)20(22)12-9-15-7-10-16(23-2)11-8-15/h3-13H,1-2H3/b12-9+/i13D. The first-order chi connectivity index (χ1) is 11.6. The summed E-state index contributed by atoms with van der Waals surface area (Å²) >= 11 is 0.